The second-order valence-electron chi connectivity index (χ2n) is 4.79. The van der Waals surface area contributed by atoms with Crippen molar-refractivity contribution in [1.82, 2.24) is 4.57 Å². The maximum absolute atomic E-state index is 10.6. The van der Waals surface area contributed by atoms with Crippen molar-refractivity contribution in [1.29, 1.82) is 0 Å². The highest BCUT2D eigenvalue weighted by molar-refractivity contribution is 7.71. The number of aliphatic hydroxyl groups excluding tert-OH is 1. The average Bonchev–Trinajstić information content (AvgIpc) is 2.56. The summed E-state index contributed by atoms with van der Waals surface area (Å²) in [5, 5.41) is 10.6. The summed E-state index contributed by atoms with van der Waals surface area (Å²) in [6.07, 6.45) is 1.20. The van der Waals surface area contributed by atoms with Gasteiger partial charge in [-0.3, -0.25) is 0 Å². The Morgan fingerprint density at radius 2 is 1.43 bits per heavy atom. The molecule has 0 fully saturated rings. The number of aromatic nitrogens is 1. The highest BCUT2D eigenvalue weighted by atomic mass is 32.1. The molecule has 104 valence electrons. The molecule has 3 rings (SSSR count). The molecule has 0 spiro atoms. The zero-order valence-electron chi connectivity index (χ0n) is 11.4. The van der Waals surface area contributed by atoms with E-state index in [-0.39, 0.29) is 0 Å². The molecule has 0 aliphatic heterocycles. The van der Waals surface area contributed by atoms with E-state index < -0.39 is 6.10 Å². The molecule has 0 radical (unpaired) electrons. The summed E-state index contributed by atoms with van der Waals surface area (Å²) in [4.78, 5) is 0. The summed E-state index contributed by atoms with van der Waals surface area (Å²) in [6.45, 7) is 0. The highest BCUT2D eigenvalue weighted by Crippen LogP contribution is 2.23. The lowest BCUT2D eigenvalue weighted by atomic mass is 10.0. The largest absolute Gasteiger partial charge is 0.384 e. The molecule has 0 saturated heterocycles. The van der Waals surface area contributed by atoms with E-state index in [0.717, 1.165) is 16.8 Å². The lowest BCUT2D eigenvalue weighted by Gasteiger charge is -2.15. The molecule has 3 aromatic rings. The second-order valence-corrected chi connectivity index (χ2v) is 5.17. The zero-order chi connectivity index (χ0) is 14.7. The first kappa shape index (κ1) is 13.7. The topological polar surface area (TPSA) is 25.2 Å². The number of pyridine rings is 1. The number of benzene rings is 2. The van der Waals surface area contributed by atoms with Crippen LogP contribution in [0.5, 0.6) is 0 Å². The molecule has 0 bridgehead atoms. The smallest absolute Gasteiger partial charge is 0.116 e. The van der Waals surface area contributed by atoms with E-state index in [0.29, 0.717) is 4.64 Å². The summed E-state index contributed by atoms with van der Waals surface area (Å²) in [5.74, 6) is 0. The first-order valence-electron chi connectivity index (χ1n) is 6.77. The van der Waals surface area contributed by atoms with Gasteiger partial charge >= 0.3 is 0 Å². The van der Waals surface area contributed by atoms with Crippen molar-refractivity contribution in [3.8, 4) is 5.69 Å². The molecule has 2 nitrogen and oxygen atoms in total. The molecule has 1 aromatic heterocycles. The average molecular weight is 293 g/mol. The quantitative estimate of drug-likeness (QED) is 0.729. The van der Waals surface area contributed by atoms with Gasteiger partial charge in [-0.15, -0.1) is 0 Å². The van der Waals surface area contributed by atoms with Gasteiger partial charge in [-0.05, 0) is 23.8 Å². The van der Waals surface area contributed by atoms with E-state index in [1.54, 1.807) is 0 Å². The van der Waals surface area contributed by atoms with E-state index in [2.05, 4.69) is 0 Å². The Morgan fingerprint density at radius 3 is 2.10 bits per heavy atom. The van der Waals surface area contributed by atoms with Gasteiger partial charge in [-0.25, -0.2) is 0 Å². The zero-order valence-corrected chi connectivity index (χ0v) is 12.2. The van der Waals surface area contributed by atoms with Crippen LogP contribution < -0.4 is 0 Å². The van der Waals surface area contributed by atoms with Crippen LogP contribution in [0.3, 0.4) is 0 Å². The van der Waals surface area contributed by atoms with Crippen molar-refractivity contribution >= 4 is 12.2 Å². The lowest BCUT2D eigenvalue weighted by Crippen LogP contribution is -2.05. The molecular weight excluding hydrogens is 278 g/mol. The fraction of sp³-hybridized carbons (Fsp3) is 0.0556. The lowest BCUT2D eigenvalue weighted by molar-refractivity contribution is 0.219. The molecule has 21 heavy (non-hydrogen) atoms. The SMILES string of the molecule is OC(c1ccccc1)c1cccn(-c2ccccc2)c1=S. The van der Waals surface area contributed by atoms with E-state index >= 15 is 0 Å². The number of aliphatic hydroxyl groups is 1. The van der Waals surface area contributed by atoms with Crippen LogP contribution in [0.4, 0.5) is 0 Å². The predicted octanol–water partition coefficient (Wildman–Crippen LogP) is 4.29. The summed E-state index contributed by atoms with van der Waals surface area (Å²) in [7, 11) is 0. The highest BCUT2D eigenvalue weighted by Gasteiger charge is 2.13. The van der Waals surface area contributed by atoms with Gasteiger partial charge in [0.2, 0.25) is 0 Å². The molecule has 0 aliphatic rings. The van der Waals surface area contributed by atoms with Gasteiger partial charge in [-0.2, -0.15) is 0 Å². The van der Waals surface area contributed by atoms with Gasteiger partial charge in [0.25, 0.3) is 0 Å². The number of hydrogen-bond acceptors (Lipinski definition) is 2. The molecule has 0 amide bonds. The summed E-state index contributed by atoms with van der Waals surface area (Å²) in [5.41, 5.74) is 2.57. The van der Waals surface area contributed by atoms with Crippen LogP contribution in [0.25, 0.3) is 5.69 Å². The molecule has 1 heterocycles. The molecule has 1 unspecified atom stereocenters. The first-order chi connectivity index (χ1) is 10.3. The second kappa shape index (κ2) is 6.04. The van der Waals surface area contributed by atoms with Crippen molar-refractivity contribution in [3.05, 3.63) is 94.8 Å². The monoisotopic (exact) mass is 293 g/mol. The third kappa shape index (κ3) is 2.79. The Labute approximate surface area is 128 Å². The minimum absolute atomic E-state index is 0.625. The number of rotatable bonds is 3. The van der Waals surface area contributed by atoms with E-state index in [9.17, 15) is 5.11 Å². The van der Waals surface area contributed by atoms with Gasteiger partial charge in [0.1, 0.15) is 10.7 Å². The fourth-order valence-corrected chi connectivity index (χ4v) is 2.67. The first-order valence-corrected chi connectivity index (χ1v) is 7.18. The summed E-state index contributed by atoms with van der Waals surface area (Å²) >= 11 is 5.55. The standard InChI is InChI=1S/C18H15NOS/c20-17(14-8-3-1-4-9-14)16-12-7-13-19(18(16)21)15-10-5-2-6-11-15/h1-13,17,20H. The minimum atomic E-state index is -0.713. The minimum Gasteiger partial charge on any atom is -0.384 e. The summed E-state index contributed by atoms with van der Waals surface area (Å²) < 4.78 is 2.54. The molecule has 1 atom stereocenters. The number of para-hydroxylation sites is 1. The van der Waals surface area contributed by atoms with E-state index in [1.165, 1.54) is 0 Å². The van der Waals surface area contributed by atoms with E-state index in [4.69, 9.17) is 12.2 Å². The summed E-state index contributed by atoms with van der Waals surface area (Å²) in [6, 6.07) is 23.2. The Morgan fingerprint density at radius 1 is 0.810 bits per heavy atom. The van der Waals surface area contributed by atoms with Gasteiger partial charge in [0.15, 0.2) is 0 Å². The van der Waals surface area contributed by atoms with Crippen molar-refractivity contribution in [2.24, 2.45) is 0 Å². The van der Waals surface area contributed by atoms with Gasteiger partial charge in [0.05, 0.1) is 0 Å². The maximum atomic E-state index is 10.6. The molecule has 0 saturated carbocycles. The van der Waals surface area contributed by atoms with Crippen molar-refractivity contribution in [2.45, 2.75) is 6.10 Å². The number of nitrogens with zero attached hydrogens (tertiary/aromatic N) is 1. The van der Waals surface area contributed by atoms with Gasteiger partial charge in [0, 0.05) is 17.4 Å². The van der Waals surface area contributed by atoms with Crippen LogP contribution in [0.15, 0.2) is 79.0 Å². The number of hydrogen-bond donors (Lipinski definition) is 1. The molecule has 1 N–H and O–H groups in total. The molecule has 0 aliphatic carbocycles. The molecule has 3 heteroatoms. The molecule has 2 aromatic carbocycles. The Bertz CT molecular complexity index is 781. The third-order valence-corrected chi connectivity index (χ3v) is 3.85. The van der Waals surface area contributed by atoms with Gasteiger partial charge in [-0.1, -0.05) is 66.8 Å². The van der Waals surface area contributed by atoms with Crippen molar-refractivity contribution in [2.75, 3.05) is 0 Å². The fourth-order valence-electron chi connectivity index (χ4n) is 2.33. The normalized spacial score (nSPS) is 12.0. The van der Waals surface area contributed by atoms with Crippen LogP contribution in [0.2, 0.25) is 0 Å². The Balaban J connectivity index is 2.08. The Kier molecular flexibility index (Phi) is 3.95. The Hall–Kier alpha value is -2.23. The van der Waals surface area contributed by atoms with Crippen LogP contribution in [-0.2, 0) is 0 Å². The van der Waals surface area contributed by atoms with E-state index in [1.807, 2.05) is 83.6 Å². The van der Waals surface area contributed by atoms with Gasteiger partial charge < -0.3 is 9.67 Å². The van der Waals surface area contributed by atoms with Crippen molar-refractivity contribution in [3.63, 3.8) is 0 Å². The maximum Gasteiger partial charge on any atom is 0.116 e. The molecular formula is C18H15NOS. The van der Waals surface area contributed by atoms with Crippen LogP contribution in [-0.4, -0.2) is 9.67 Å². The van der Waals surface area contributed by atoms with Crippen LogP contribution in [0.1, 0.15) is 17.2 Å². The van der Waals surface area contributed by atoms with Crippen LogP contribution >= 0.6 is 12.2 Å². The van der Waals surface area contributed by atoms with Crippen molar-refractivity contribution < 1.29 is 5.11 Å². The predicted molar refractivity (Wildman–Crippen MR) is 87.1 cm³/mol. The van der Waals surface area contributed by atoms with Crippen LogP contribution in [0, 0.1) is 4.64 Å². The third-order valence-electron chi connectivity index (χ3n) is 3.42.